The van der Waals surface area contributed by atoms with E-state index in [0.717, 1.165) is 28.1 Å². The number of carbonyl (C=O) groups excluding carboxylic acids is 1. The maximum Gasteiger partial charge on any atom is 0.266 e. The number of thioether (sulfide) groups is 1. The molecule has 0 aromatic heterocycles. The van der Waals surface area contributed by atoms with Gasteiger partial charge in [0.2, 0.25) is 0 Å². The maximum absolute atomic E-state index is 12.7. The molecule has 0 N–H and O–H groups in total. The third kappa shape index (κ3) is 4.42. The van der Waals surface area contributed by atoms with E-state index < -0.39 is 0 Å². The van der Waals surface area contributed by atoms with Crippen LogP contribution in [0, 0.1) is 0 Å². The molecule has 1 aliphatic heterocycles. The minimum absolute atomic E-state index is 0.0699. The second-order valence-electron chi connectivity index (χ2n) is 6.70. The van der Waals surface area contributed by atoms with Gasteiger partial charge in [0.15, 0.2) is 5.17 Å². The van der Waals surface area contributed by atoms with E-state index in [2.05, 4.69) is 11.1 Å². The average Bonchev–Trinajstić information content (AvgIpc) is 3.03. The second-order valence-corrected chi connectivity index (χ2v) is 8.15. The Labute approximate surface area is 184 Å². The number of hydrogen-bond acceptors (Lipinski definition) is 4. The molecular formula is C24H19ClN2O2S. The fourth-order valence-corrected chi connectivity index (χ4v) is 4.15. The summed E-state index contributed by atoms with van der Waals surface area (Å²) in [6.07, 6.45) is 1.90. The van der Waals surface area contributed by atoms with Crippen LogP contribution >= 0.6 is 23.4 Å². The van der Waals surface area contributed by atoms with Gasteiger partial charge in [-0.3, -0.25) is 9.69 Å². The number of amides is 1. The minimum atomic E-state index is -0.0699. The Hall–Kier alpha value is -3.02. The normalized spacial score (nSPS) is 16.5. The summed E-state index contributed by atoms with van der Waals surface area (Å²) in [5, 5.41) is 1.29. The monoisotopic (exact) mass is 434 g/mol. The van der Waals surface area contributed by atoms with E-state index in [-0.39, 0.29) is 5.91 Å². The fourth-order valence-electron chi connectivity index (χ4n) is 3.04. The molecular weight excluding hydrogens is 416 g/mol. The van der Waals surface area contributed by atoms with Crippen molar-refractivity contribution in [3.8, 4) is 16.9 Å². The molecule has 3 aromatic carbocycles. The number of nitrogens with zero attached hydrogens (tertiary/aromatic N) is 2. The van der Waals surface area contributed by atoms with Crippen LogP contribution in [-0.4, -0.2) is 30.1 Å². The van der Waals surface area contributed by atoms with E-state index >= 15 is 0 Å². The predicted octanol–water partition coefficient (Wildman–Crippen LogP) is 6.25. The number of aliphatic imine (C=N–C) groups is 1. The standard InChI is InChI=1S/C24H19ClN2O2S/c1-27-23(28)22(30-24(27)26-20-11-9-19(25)10-12-20)14-16-5-3-6-17(13-16)18-7-4-8-21(15-18)29-2/h3-15H,1-2H3. The van der Waals surface area contributed by atoms with E-state index in [9.17, 15) is 4.79 Å². The smallest absolute Gasteiger partial charge is 0.266 e. The number of ether oxygens (including phenoxy) is 1. The highest BCUT2D eigenvalue weighted by atomic mass is 35.5. The number of rotatable bonds is 4. The molecule has 0 spiro atoms. The van der Waals surface area contributed by atoms with Crippen LogP contribution in [0.5, 0.6) is 5.75 Å². The van der Waals surface area contributed by atoms with Gasteiger partial charge < -0.3 is 4.74 Å². The zero-order valence-corrected chi connectivity index (χ0v) is 18.1. The summed E-state index contributed by atoms with van der Waals surface area (Å²) in [4.78, 5) is 19.5. The van der Waals surface area contributed by atoms with Crippen LogP contribution in [0.2, 0.25) is 5.02 Å². The lowest BCUT2D eigenvalue weighted by Crippen LogP contribution is -2.23. The molecule has 0 unspecified atom stereocenters. The summed E-state index contributed by atoms with van der Waals surface area (Å²) in [7, 11) is 3.39. The lowest BCUT2D eigenvalue weighted by atomic mass is 10.0. The molecule has 4 nitrogen and oxygen atoms in total. The molecule has 3 aromatic rings. The van der Waals surface area contributed by atoms with Crippen molar-refractivity contribution in [2.45, 2.75) is 0 Å². The summed E-state index contributed by atoms with van der Waals surface area (Å²) >= 11 is 7.30. The third-order valence-corrected chi connectivity index (χ3v) is 5.95. The van der Waals surface area contributed by atoms with Crippen LogP contribution in [0.3, 0.4) is 0 Å². The van der Waals surface area contributed by atoms with Gasteiger partial charge in [-0.25, -0.2) is 4.99 Å². The number of carbonyl (C=O) groups is 1. The lowest BCUT2D eigenvalue weighted by molar-refractivity contribution is -0.121. The van der Waals surface area contributed by atoms with Gasteiger partial charge in [0.25, 0.3) is 5.91 Å². The van der Waals surface area contributed by atoms with Crippen LogP contribution in [0.4, 0.5) is 5.69 Å². The number of hydrogen-bond donors (Lipinski definition) is 0. The number of likely N-dealkylation sites (N-methyl/N-ethyl adjacent to an activating group) is 1. The Morgan fingerprint density at radius 3 is 2.43 bits per heavy atom. The molecule has 1 aliphatic rings. The molecule has 0 atom stereocenters. The molecule has 1 fully saturated rings. The Morgan fingerprint density at radius 1 is 1.00 bits per heavy atom. The molecule has 0 saturated carbocycles. The highest BCUT2D eigenvalue weighted by Crippen LogP contribution is 2.34. The number of methoxy groups -OCH3 is 1. The third-order valence-electron chi connectivity index (χ3n) is 4.64. The zero-order valence-electron chi connectivity index (χ0n) is 16.5. The number of benzene rings is 3. The Kier molecular flexibility index (Phi) is 5.93. The van der Waals surface area contributed by atoms with E-state index in [4.69, 9.17) is 16.3 Å². The van der Waals surface area contributed by atoms with E-state index in [1.807, 2.05) is 60.7 Å². The molecule has 6 heteroatoms. The molecule has 4 rings (SSSR count). The summed E-state index contributed by atoms with van der Waals surface area (Å²) < 4.78 is 5.32. The number of amidine groups is 1. The van der Waals surface area contributed by atoms with Crippen LogP contribution in [-0.2, 0) is 4.79 Å². The summed E-state index contributed by atoms with van der Waals surface area (Å²) in [6.45, 7) is 0. The van der Waals surface area contributed by atoms with Crippen molar-refractivity contribution in [2.24, 2.45) is 4.99 Å². The van der Waals surface area contributed by atoms with Crippen LogP contribution < -0.4 is 4.74 Å². The van der Waals surface area contributed by atoms with E-state index in [0.29, 0.717) is 15.1 Å². The molecule has 0 aliphatic carbocycles. The van der Waals surface area contributed by atoms with E-state index in [1.54, 1.807) is 31.2 Å². The Morgan fingerprint density at radius 2 is 1.70 bits per heavy atom. The van der Waals surface area contributed by atoms with Gasteiger partial charge in [-0.05, 0) is 77.0 Å². The summed E-state index contributed by atoms with van der Waals surface area (Å²) in [5.74, 6) is 0.738. The van der Waals surface area contributed by atoms with Crippen LogP contribution in [0.15, 0.2) is 82.7 Å². The molecule has 30 heavy (non-hydrogen) atoms. The average molecular weight is 435 g/mol. The zero-order chi connectivity index (χ0) is 21.1. The van der Waals surface area contributed by atoms with Crippen molar-refractivity contribution >= 4 is 46.2 Å². The second kappa shape index (κ2) is 8.78. The van der Waals surface area contributed by atoms with Gasteiger partial charge in [0, 0.05) is 12.1 Å². The summed E-state index contributed by atoms with van der Waals surface area (Å²) in [5.41, 5.74) is 3.82. The molecule has 1 amide bonds. The predicted molar refractivity (Wildman–Crippen MR) is 125 cm³/mol. The Bertz CT molecular complexity index is 1160. The molecule has 150 valence electrons. The van der Waals surface area contributed by atoms with Gasteiger partial charge in [0.05, 0.1) is 17.7 Å². The molecule has 0 radical (unpaired) electrons. The first kappa shape index (κ1) is 20.3. The van der Waals surface area contributed by atoms with Gasteiger partial charge in [-0.2, -0.15) is 0 Å². The minimum Gasteiger partial charge on any atom is -0.497 e. The SMILES string of the molecule is COc1cccc(-c2cccc(C=C3SC(=Nc4ccc(Cl)cc4)N(C)C3=O)c2)c1. The topological polar surface area (TPSA) is 41.9 Å². The Balaban J connectivity index is 1.61. The van der Waals surface area contributed by atoms with Crippen LogP contribution in [0.1, 0.15) is 5.56 Å². The molecule has 0 bridgehead atoms. The summed E-state index contributed by atoms with van der Waals surface area (Å²) in [6, 6.07) is 23.2. The first-order valence-electron chi connectivity index (χ1n) is 9.30. The van der Waals surface area contributed by atoms with Crippen molar-refractivity contribution in [3.63, 3.8) is 0 Å². The lowest BCUT2D eigenvalue weighted by Gasteiger charge is -2.07. The van der Waals surface area contributed by atoms with Crippen molar-refractivity contribution in [1.82, 2.24) is 4.90 Å². The van der Waals surface area contributed by atoms with Crippen molar-refractivity contribution in [3.05, 3.63) is 88.3 Å². The van der Waals surface area contributed by atoms with Gasteiger partial charge in [-0.15, -0.1) is 0 Å². The highest BCUT2D eigenvalue weighted by molar-refractivity contribution is 8.18. The largest absolute Gasteiger partial charge is 0.497 e. The van der Waals surface area contributed by atoms with Gasteiger partial charge in [-0.1, -0.05) is 41.9 Å². The van der Waals surface area contributed by atoms with Crippen molar-refractivity contribution in [1.29, 1.82) is 0 Å². The highest BCUT2D eigenvalue weighted by Gasteiger charge is 2.30. The molecule has 1 saturated heterocycles. The number of halogens is 1. The first-order valence-corrected chi connectivity index (χ1v) is 10.5. The van der Waals surface area contributed by atoms with E-state index in [1.165, 1.54) is 11.8 Å². The van der Waals surface area contributed by atoms with Gasteiger partial charge >= 0.3 is 0 Å². The first-order chi connectivity index (χ1) is 14.5. The fraction of sp³-hybridized carbons (Fsp3) is 0.0833. The van der Waals surface area contributed by atoms with Crippen molar-refractivity contribution in [2.75, 3.05) is 14.2 Å². The van der Waals surface area contributed by atoms with Crippen molar-refractivity contribution < 1.29 is 9.53 Å². The maximum atomic E-state index is 12.7. The quantitative estimate of drug-likeness (QED) is 0.456. The van der Waals surface area contributed by atoms with Gasteiger partial charge in [0.1, 0.15) is 5.75 Å². The molecule has 1 heterocycles. The van der Waals surface area contributed by atoms with Crippen LogP contribution in [0.25, 0.3) is 17.2 Å².